The van der Waals surface area contributed by atoms with Gasteiger partial charge in [0.1, 0.15) is 17.3 Å². The second-order valence-electron chi connectivity index (χ2n) is 9.51. The third-order valence-electron chi connectivity index (χ3n) is 5.80. The first-order valence-corrected chi connectivity index (χ1v) is 11.0. The van der Waals surface area contributed by atoms with Crippen molar-refractivity contribution in [2.75, 3.05) is 7.11 Å². The zero-order chi connectivity index (χ0) is 26.8. The number of rotatable bonds is 7. The molecular formula is C26H25F5N2O3. The fraction of sp³-hybridized carbons (Fsp3) is 0.346. The summed E-state index contributed by atoms with van der Waals surface area (Å²) in [6.07, 6.45) is -5.03. The van der Waals surface area contributed by atoms with E-state index in [1.54, 1.807) is 26.8 Å². The van der Waals surface area contributed by atoms with Gasteiger partial charge in [-0.3, -0.25) is 9.59 Å². The number of nitrogens with one attached hydrogen (secondary N) is 1. The summed E-state index contributed by atoms with van der Waals surface area (Å²) >= 11 is 0. The molecule has 0 radical (unpaired) electrons. The van der Waals surface area contributed by atoms with Crippen LogP contribution in [0.4, 0.5) is 22.0 Å². The fourth-order valence-corrected chi connectivity index (χ4v) is 3.94. The molecule has 3 rings (SSSR count). The molecule has 0 amide bonds. The maximum absolute atomic E-state index is 14.2. The lowest BCUT2D eigenvalue weighted by Crippen LogP contribution is -2.24. The van der Waals surface area contributed by atoms with Gasteiger partial charge in [-0.05, 0) is 46.7 Å². The van der Waals surface area contributed by atoms with Crippen LogP contribution >= 0.6 is 0 Å². The number of ether oxygens (including phenoxy) is 1. The van der Waals surface area contributed by atoms with E-state index in [9.17, 15) is 31.5 Å². The lowest BCUT2D eigenvalue weighted by molar-refractivity contribution is -0.140. The maximum atomic E-state index is 14.2. The molecule has 0 aliphatic rings. The number of alkyl halides is 3. The van der Waals surface area contributed by atoms with E-state index in [2.05, 4.69) is 9.97 Å². The van der Waals surface area contributed by atoms with Crippen LogP contribution in [0.3, 0.4) is 0 Å². The monoisotopic (exact) mass is 508 g/mol. The molecule has 192 valence electrons. The van der Waals surface area contributed by atoms with Gasteiger partial charge in [0.25, 0.3) is 5.56 Å². The summed E-state index contributed by atoms with van der Waals surface area (Å²) < 4.78 is 72.1. The van der Waals surface area contributed by atoms with Gasteiger partial charge in [0, 0.05) is 18.9 Å². The smallest absolute Gasteiger partial charge is 0.419 e. The second kappa shape index (κ2) is 10.2. The largest absolute Gasteiger partial charge is 0.494 e. The minimum absolute atomic E-state index is 0.0318. The van der Waals surface area contributed by atoms with E-state index in [4.69, 9.17) is 4.74 Å². The van der Waals surface area contributed by atoms with Gasteiger partial charge in [0.15, 0.2) is 17.3 Å². The number of carbonyl (C=O) groups is 1. The van der Waals surface area contributed by atoms with Gasteiger partial charge >= 0.3 is 6.18 Å². The number of halogens is 5. The van der Waals surface area contributed by atoms with E-state index in [0.29, 0.717) is 11.6 Å². The molecule has 10 heteroatoms. The van der Waals surface area contributed by atoms with E-state index in [1.165, 1.54) is 19.2 Å². The van der Waals surface area contributed by atoms with Crippen LogP contribution in [0.25, 0.3) is 0 Å². The molecule has 0 bridgehead atoms. The molecular weight excluding hydrogens is 483 g/mol. The molecule has 0 fully saturated rings. The zero-order valence-electron chi connectivity index (χ0n) is 20.1. The number of hydrogen-bond acceptors (Lipinski definition) is 4. The molecule has 1 aromatic heterocycles. The summed E-state index contributed by atoms with van der Waals surface area (Å²) in [4.78, 5) is 32.0. The molecule has 1 atom stereocenters. The van der Waals surface area contributed by atoms with E-state index >= 15 is 0 Å². The van der Waals surface area contributed by atoms with Crippen LogP contribution in [0.1, 0.15) is 66.1 Å². The summed E-state index contributed by atoms with van der Waals surface area (Å²) in [5.74, 6) is -3.04. The van der Waals surface area contributed by atoms with Crippen molar-refractivity contribution < 1.29 is 31.5 Å². The minimum atomic E-state index is -4.84. The van der Waals surface area contributed by atoms with Crippen LogP contribution in [0.5, 0.6) is 5.75 Å². The predicted octanol–water partition coefficient (Wildman–Crippen LogP) is 6.07. The first-order chi connectivity index (χ1) is 16.7. The number of Topliss-reactive ketones (excluding diaryl/α,β-unsaturated/α-hetero) is 1. The third-order valence-corrected chi connectivity index (χ3v) is 5.80. The number of ketones is 1. The second-order valence-corrected chi connectivity index (χ2v) is 9.51. The van der Waals surface area contributed by atoms with Crippen molar-refractivity contribution in [3.63, 3.8) is 0 Å². The summed E-state index contributed by atoms with van der Waals surface area (Å²) in [6, 6.07) is 7.87. The zero-order valence-corrected chi connectivity index (χ0v) is 20.1. The highest BCUT2D eigenvalue weighted by atomic mass is 19.4. The Labute approximate surface area is 204 Å². The molecule has 0 saturated carbocycles. The Bertz CT molecular complexity index is 1330. The van der Waals surface area contributed by atoms with Crippen LogP contribution in [0.15, 0.2) is 47.3 Å². The number of benzene rings is 2. The quantitative estimate of drug-likeness (QED) is 0.311. The Morgan fingerprint density at radius 3 is 2.28 bits per heavy atom. The Morgan fingerprint density at radius 1 is 1.03 bits per heavy atom. The normalized spacial score (nSPS) is 12.9. The third kappa shape index (κ3) is 6.35. The molecule has 2 aromatic carbocycles. The van der Waals surface area contributed by atoms with Gasteiger partial charge in [-0.2, -0.15) is 13.2 Å². The van der Waals surface area contributed by atoms with Crippen LogP contribution in [-0.4, -0.2) is 22.9 Å². The summed E-state index contributed by atoms with van der Waals surface area (Å²) in [5, 5.41) is 0. The van der Waals surface area contributed by atoms with Crippen molar-refractivity contribution in [3.8, 4) is 5.75 Å². The predicted molar refractivity (Wildman–Crippen MR) is 123 cm³/mol. The SMILES string of the molecule is COc1ccc(Cc2nc(C(=O)C[C@@H](c3ccc(C(F)(F)F)c(F)c3)C(C)(C)C)cc(=O)[nH]2)cc1F. The Kier molecular flexibility index (Phi) is 7.66. The number of aromatic amines is 1. The molecule has 36 heavy (non-hydrogen) atoms. The lowest BCUT2D eigenvalue weighted by atomic mass is 9.73. The molecule has 0 aliphatic heterocycles. The topological polar surface area (TPSA) is 72.0 Å². The summed E-state index contributed by atoms with van der Waals surface area (Å²) in [6.45, 7) is 5.32. The number of aromatic nitrogens is 2. The molecule has 1 N–H and O–H groups in total. The van der Waals surface area contributed by atoms with Gasteiger partial charge in [0.05, 0.1) is 12.7 Å². The molecule has 0 unspecified atom stereocenters. The minimum Gasteiger partial charge on any atom is -0.494 e. The number of carbonyl (C=O) groups excluding carboxylic acids is 1. The maximum Gasteiger partial charge on any atom is 0.419 e. The van der Waals surface area contributed by atoms with Crippen molar-refractivity contribution in [1.82, 2.24) is 9.97 Å². The van der Waals surface area contributed by atoms with Crippen molar-refractivity contribution in [3.05, 3.63) is 92.7 Å². The number of H-pyrrole nitrogens is 1. The van der Waals surface area contributed by atoms with Crippen molar-refractivity contribution >= 4 is 5.78 Å². The van der Waals surface area contributed by atoms with Gasteiger partial charge < -0.3 is 9.72 Å². The van der Waals surface area contributed by atoms with E-state index in [1.807, 2.05) is 0 Å². The Hall–Kier alpha value is -3.56. The van der Waals surface area contributed by atoms with E-state index in [0.717, 1.165) is 18.2 Å². The highest BCUT2D eigenvalue weighted by Crippen LogP contribution is 2.40. The van der Waals surface area contributed by atoms with Gasteiger partial charge in [0.2, 0.25) is 0 Å². The number of hydrogen-bond donors (Lipinski definition) is 1. The average Bonchev–Trinajstić information content (AvgIpc) is 2.75. The molecule has 3 aromatic rings. The van der Waals surface area contributed by atoms with Crippen molar-refractivity contribution in [1.29, 1.82) is 0 Å². The fourth-order valence-electron chi connectivity index (χ4n) is 3.94. The van der Waals surface area contributed by atoms with Crippen molar-refractivity contribution in [2.24, 2.45) is 5.41 Å². The average molecular weight is 508 g/mol. The Balaban J connectivity index is 1.89. The number of nitrogens with zero attached hydrogens (tertiary/aromatic N) is 1. The highest BCUT2D eigenvalue weighted by Gasteiger charge is 2.36. The van der Waals surface area contributed by atoms with E-state index in [-0.39, 0.29) is 35.7 Å². The summed E-state index contributed by atoms with van der Waals surface area (Å²) in [5.41, 5.74) is -2.06. The van der Waals surface area contributed by atoms with Crippen LogP contribution in [0, 0.1) is 17.0 Å². The van der Waals surface area contributed by atoms with E-state index < -0.39 is 46.0 Å². The highest BCUT2D eigenvalue weighted by molar-refractivity contribution is 5.94. The lowest BCUT2D eigenvalue weighted by Gasteiger charge is -2.31. The van der Waals surface area contributed by atoms with Gasteiger partial charge in [-0.1, -0.05) is 32.9 Å². The van der Waals surface area contributed by atoms with Crippen molar-refractivity contribution in [2.45, 2.75) is 45.7 Å². The number of methoxy groups -OCH3 is 1. The van der Waals surface area contributed by atoms with Crippen LogP contribution in [0.2, 0.25) is 0 Å². The van der Waals surface area contributed by atoms with Gasteiger partial charge in [-0.25, -0.2) is 13.8 Å². The molecule has 1 heterocycles. The molecule has 0 saturated heterocycles. The van der Waals surface area contributed by atoms with Crippen LogP contribution < -0.4 is 10.3 Å². The standard InChI is InChI=1S/C26H25F5N2O3/c1-25(2,3)17(15-6-7-16(18(27)11-15)26(29,30)31)12-21(34)20-13-24(35)33-23(32-20)10-14-5-8-22(36-4)19(28)9-14/h5-9,11,13,17H,10,12H2,1-4H3,(H,32,33,35)/t17-/m0/s1. The van der Waals surface area contributed by atoms with Gasteiger partial charge in [-0.15, -0.1) is 0 Å². The molecule has 0 aliphatic carbocycles. The Morgan fingerprint density at radius 2 is 1.72 bits per heavy atom. The molecule has 5 nitrogen and oxygen atoms in total. The van der Waals surface area contributed by atoms with Crippen LogP contribution in [-0.2, 0) is 12.6 Å². The molecule has 0 spiro atoms. The first kappa shape index (κ1) is 27.0. The first-order valence-electron chi connectivity index (χ1n) is 11.0. The summed E-state index contributed by atoms with van der Waals surface area (Å²) in [7, 11) is 1.33.